The van der Waals surface area contributed by atoms with Gasteiger partial charge in [-0.2, -0.15) is 5.10 Å². The molecule has 0 radical (unpaired) electrons. The first-order valence-corrected chi connectivity index (χ1v) is 5.74. The Morgan fingerprint density at radius 3 is 2.95 bits per heavy atom. The molecule has 0 unspecified atom stereocenters. The van der Waals surface area contributed by atoms with Crippen LogP contribution in [0.2, 0.25) is 5.02 Å². The van der Waals surface area contributed by atoms with E-state index in [1.54, 1.807) is 12.1 Å². The molecule has 0 saturated heterocycles. The number of nitrogen functional groups attached to an aromatic ring is 1. The van der Waals surface area contributed by atoms with E-state index in [2.05, 4.69) is 9.84 Å². The molecule has 0 spiro atoms. The second-order valence-electron chi connectivity index (χ2n) is 3.86. The van der Waals surface area contributed by atoms with Gasteiger partial charge in [-0.25, -0.2) is 9.18 Å². The summed E-state index contributed by atoms with van der Waals surface area (Å²) in [5.74, 6) is -1.07. The lowest BCUT2D eigenvalue weighted by atomic mass is 10.2. The second-order valence-corrected chi connectivity index (χ2v) is 4.29. The summed E-state index contributed by atoms with van der Waals surface area (Å²) in [5, 5.41) is 4.27. The molecule has 0 aliphatic carbocycles. The van der Waals surface area contributed by atoms with Gasteiger partial charge in [-0.1, -0.05) is 17.7 Å². The zero-order chi connectivity index (χ0) is 14.0. The van der Waals surface area contributed by atoms with Crippen LogP contribution in [0.3, 0.4) is 0 Å². The van der Waals surface area contributed by atoms with Crippen LogP contribution in [-0.2, 0) is 11.3 Å². The van der Waals surface area contributed by atoms with E-state index in [9.17, 15) is 9.18 Å². The number of nitrogens with zero attached hydrogens (tertiary/aromatic N) is 2. The molecular formula is C12H11ClFN3O2. The number of nitrogens with two attached hydrogens (primary N) is 1. The first-order valence-electron chi connectivity index (χ1n) is 5.36. The number of hydrogen-bond donors (Lipinski definition) is 1. The molecule has 0 aliphatic heterocycles. The van der Waals surface area contributed by atoms with Gasteiger partial charge in [-0.05, 0) is 12.1 Å². The van der Waals surface area contributed by atoms with E-state index < -0.39 is 11.8 Å². The highest BCUT2D eigenvalue weighted by molar-refractivity contribution is 6.30. The van der Waals surface area contributed by atoms with Crippen molar-refractivity contribution in [2.75, 3.05) is 12.8 Å². The van der Waals surface area contributed by atoms with E-state index in [4.69, 9.17) is 17.3 Å². The van der Waals surface area contributed by atoms with Crippen molar-refractivity contribution < 1.29 is 13.9 Å². The van der Waals surface area contributed by atoms with Crippen LogP contribution in [0.25, 0.3) is 0 Å². The zero-order valence-electron chi connectivity index (χ0n) is 10.1. The quantitative estimate of drug-likeness (QED) is 0.876. The number of hydrogen-bond acceptors (Lipinski definition) is 4. The van der Waals surface area contributed by atoms with Gasteiger partial charge in [0.15, 0.2) is 5.69 Å². The third-order valence-corrected chi connectivity index (χ3v) is 2.75. The molecule has 0 bridgehead atoms. The molecule has 0 saturated carbocycles. The number of carbonyl (C=O) groups is 1. The number of aromatic nitrogens is 2. The smallest absolute Gasteiger partial charge is 0.360 e. The topological polar surface area (TPSA) is 70.1 Å². The first kappa shape index (κ1) is 13.4. The Kier molecular flexibility index (Phi) is 3.71. The largest absolute Gasteiger partial charge is 0.464 e. The van der Waals surface area contributed by atoms with Gasteiger partial charge in [0.2, 0.25) is 0 Å². The molecule has 19 heavy (non-hydrogen) atoms. The van der Waals surface area contributed by atoms with E-state index in [0.717, 1.165) is 0 Å². The van der Waals surface area contributed by atoms with Gasteiger partial charge < -0.3 is 10.5 Å². The van der Waals surface area contributed by atoms with Crippen LogP contribution in [-0.4, -0.2) is 22.9 Å². The molecule has 2 aromatic rings. The molecule has 1 heterocycles. The van der Waals surface area contributed by atoms with Gasteiger partial charge in [0.05, 0.1) is 19.3 Å². The average Bonchev–Trinajstić information content (AvgIpc) is 2.73. The van der Waals surface area contributed by atoms with Crippen molar-refractivity contribution in [1.29, 1.82) is 0 Å². The van der Waals surface area contributed by atoms with Crippen LogP contribution in [0.1, 0.15) is 16.1 Å². The van der Waals surface area contributed by atoms with Gasteiger partial charge in [0.25, 0.3) is 0 Å². The number of methoxy groups -OCH3 is 1. The number of anilines is 1. The Morgan fingerprint density at radius 2 is 2.32 bits per heavy atom. The molecular weight excluding hydrogens is 273 g/mol. The van der Waals surface area contributed by atoms with Gasteiger partial charge in [-0.15, -0.1) is 0 Å². The van der Waals surface area contributed by atoms with Crippen molar-refractivity contribution in [2.45, 2.75) is 6.54 Å². The average molecular weight is 284 g/mol. The molecule has 2 N–H and O–H groups in total. The summed E-state index contributed by atoms with van der Waals surface area (Å²) in [6.07, 6.45) is 1.44. The highest BCUT2D eigenvalue weighted by Gasteiger charge is 2.15. The minimum atomic E-state index is -0.632. The number of esters is 1. The van der Waals surface area contributed by atoms with Crippen LogP contribution in [0.15, 0.2) is 24.4 Å². The van der Waals surface area contributed by atoms with Gasteiger partial charge in [-0.3, -0.25) is 4.68 Å². The number of benzene rings is 1. The zero-order valence-corrected chi connectivity index (χ0v) is 10.8. The van der Waals surface area contributed by atoms with Gasteiger partial charge in [0.1, 0.15) is 5.82 Å². The Hall–Kier alpha value is -2.08. The maximum atomic E-state index is 13.6. The lowest BCUT2D eigenvalue weighted by Crippen LogP contribution is -2.07. The standard InChI is InChI=1S/C12H11ClFN3O2/c1-19-12(18)11-10(15)6-17(16-11)5-7-2-3-8(13)4-9(7)14/h2-4,6H,5,15H2,1H3. The molecule has 0 fully saturated rings. The summed E-state index contributed by atoms with van der Waals surface area (Å²) in [7, 11) is 1.24. The predicted octanol–water partition coefficient (Wildman–Crippen LogP) is 2.09. The fraction of sp³-hybridized carbons (Fsp3) is 0.167. The third kappa shape index (κ3) is 2.85. The van der Waals surface area contributed by atoms with Crippen molar-refractivity contribution in [3.63, 3.8) is 0 Å². The summed E-state index contributed by atoms with van der Waals surface area (Å²) < 4.78 is 19.5. The summed E-state index contributed by atoms with van der Waals surface area (Å²) in [6, 6.07) is 4.34. The second kappa shape index (κ2) is 5.27. The lowest BCUT2D eigenvalue weighted by molar-refractivity contribution is 0.0594. The van der Waals surface area contributed by atoms with Crippen molar-refractivity contribution >= 4 is 23.3 Å². The number of ether oxygens (including phenoxy) is 1. The number of rotatable bonds is 3. The molecule has 2 rings (SSSR count). The van der Waals surface area contributed by atoms with E-state index >= 15 is 0 Å². The lowest BCUT2D eigenvalue weighted by Gasteiger charge is -2.03. The number of halogens is 2. The van der Waals surface area contributed by atoms with E-state index in [0.29, 0.717) is 10.6 Å². The first-order chi connectivity index (χ1) is 9.01. The van der Waals surface area contributed by atoms with Crippen molar-refractivity contribution in [3.05, 3.63) is 46.5 Å². The molecule has 0 atom stereocenters. The van der Waals surface area contributed by atoms with Crippen molar-refractivity contribution in [3.8, 4) is 0 Å². The highest BCUT2D eigenvalue weighted by atomic mass is 35.5. The minimum absolute atomic E-state index is 0.0110. The fourth-order valence-corrected chi connectivity index (χ4v) is 1.76. The van der Waals surface area contributed by atoms with E-state index in [1.165, 1.54) is 24.1 Å². The number of carbonyl (C=O) groups excluding carboxylic acids is 1. The Bertz CT molecular complexity index is 627. The maximum Gasteiger partial charge on any atom is 0.360 e. The molecule has 5 nitrogen and oxygen atoms in total. The van der Waals surface area contributed by atoms with Crippen molar-refractivity contribution in [1.82, 2.24) is 9.78 Å². The predicted molar refractivity (Wildman–Crippen MR) is 68.5 cm³/mol. The SMILES string of the molecule is COC(=O)c1nn(Cc2ccc(Cl)cc2F)cc1N. The van der Waals surface area contributed by atoms with Crippen LogP contribution in [0, 0.1) is 5.82 Å². The van der Waals surface area contributed by atoms with Crippen LogP contribution in [0.5, 0.6) is 0 Å². The molecule has 0 aliphatic rings. The summed E-state index contributed by atoms with van der Waals surface area (Å²) >= 11 is 5.67. The summed E-state index contributed by atoms with van der Waals surface area (Å²) in [4.78, 5) is 11.3. The van der Waals surface area contributed by atoms with Gasteiger partial charge in [0, 0.05) is 16.8 Å². The van der Waals surface area contributed by atoms with Crippen LogP contribution >= 0.6 is 11.6 Å². The third-order valence-electron chi connectivity index (χ3n) is 2.52. The normalized spacial score (nSPS) is 10.5. The Balaban J connectivity index is 2.26. The molecule has 1 aromatic heterocycles. The van der Waals surface area contributed by atoms with Crippen molar-refractivity contribution in [2.24, 2.45) is 0 Å². The van der Waals surface area contributed by atoms with E-state index in [1.807, 2.05) is 0 Å². The van der Waals surface area contributed by atoms with Crippen LogP contribution < -0.4 is 5.73 Å². The van der Waals surface area contributed by atoms with E-state index in [-0.39, 0.29) is 17.9 Å². The highest BCUT2D eigenvalue weighted by Crippen LogP contribution is 2.17. The molecule has 100 valence electrons. The van der Waals surface area contributed by atoms with Crippen LogP contribution in [0.4, 0.5) is 10.1 Å². The summed E-state index contributed by atoms with van der Waals surface area (Å²) in [5.41, 5.74) is 6.22. The molecule has 1 aromatic carbocycles. The fourth-order valence-electron chi connectivity index (χ4n) is 1.60. The Labute approximate surface area is 113 Å². The van der Waals surface area contributed by atoms with Gasteiger partial charge >= 0.3 is 5.97 Å². The maximum absolute atomic E-state index is 13.6. The minimum Gasteiger partial charge on any atom is -0.464 e. The Morgan fingerprint density at radius 1 is 1.58 bits per heavy atom. The monoisotopic (exact) mass is 283 g/mol. The molecule has 0 amide bonds. The molecule has 7 heteroatoms. The summed E-state index contributed by atoms with van der Waals surface area (Å²) in [6.45, 7) is 0.143.